The number of ether oxygens (including phenoxy) is 2. The first kappa shape index (κ1) is 14.2. The second-order valence-electron chi connectivity index (χ2n) is 5.59. The first-order chi connectivity index (χ1) is 8.70. The van der Waals surface area contributed by atoms with Gasteiger partial charge >= 0.3 is 6.16 Å². The minimum absolute atomic E-state index is 0.145. The first-order valence-electron chi connectivity index (χ1n) is 6.01. The fourth-order valence-corrected chi connectivity index (χ4v) is 3.06. The molecule has 0 aliphatic carbocycles. The third kappa shape index (κ3) is 2.71. The summed E-state index contributed by atoms with van der Waals surface area (Å²) in [5, 5.41) is -0.145. The molecule has 0 bridgehead atoms. The van der Waals surface area contributed by atoms with E-state index >= 15 is 0 Å². The minimum atomic E-state index is -0.805. The number of carbonyl (C=O) groups is 2. The number of β-lactam (4-membered cyclic amide) rings is 1. The number of thioether (sulfide) groups is 1. The molecule has 2 rings (SSSR count). The van der Waals surface area contributed by atoms with Crippen LogP contribution in [0.1, 0.15) is 27.7 Å². The number of rotatable bonds is 1. The summed E-state index contributed by atoms with van der Waals surface area (Å²) in [5.74, 6) is 0.722. The van der Waals surface area contributed by atoms with E-state index in [-0.39, 0.29) is 17.2 Å². The summed E-state index contributed by atoms with van der Waals surface area (Å²) in [4.78, 5) is 24.9. The molecule has 19 heavy (non-hydrogen) atoms. The van der Waals surface area contributed by atoms with Crippen molar-refractivity contribution in [3.63, 3.8) is 0 Å². The molecular weight excluding hydrogens is 268 g/mol. The second-order valence-corrected chi connectivity index (χ2v) is 6.69. The van der Waals surface area contributed by atoms with Crippen molar-refractivity contribution in [2.24, 2.45) is 5.73 Å². The highest BCUT2D eigenvalue weighted by molar-refractivity contribution is 8.00. The van der Waals surface area contributed by atoms with Crippen LogP contribution >= 0.6 is 11.8 Å². The molecule has 2 aliphatic heterocycles. The number of fused-ring (bicyclic) bond motifs is 1. The van der Waals surface area contributed by atoms with Gasteiger partial charge in [-0.1, -0.05) is 0 Å². The zero-order chi connectivity index (χ0) is 14.4. The lowest BCUT2D eigenvalue weighted by Crippen LogP contribution is -2.68. The maximum atomic E-state index is 11.7. The van der Waals surface area contributed by atoms with Gasteiger partial charge in [0.25, 0.3) is 0 Å². The molecule has 0 aromatic carbocycles. The highest BCUT2D eigenvalue weighted by atomic mass is 32.2. The summed E-state index contributed by atoms with van der Waals surface area (Å²) in [6.45, 7) is 7.07. The van der Waals surface area contributed by atoms with Crippen molar-refractivity contribution in [1.82, 2.24) is 4.90 Å². The molecule has 0 aromatic heterocycles. The third-order valence-corrected chi connectivity index (χ3v) is 4.15. The molecule has 1 saturated heterocycles. The lowest BCUT2D eigenvalue weighted by Gasteiger charge is -2.47. The van der Waals surface area contributed by atoms with E-state index in [1.54, 1.807) is 32.5 Å². The molecule has 0 radical (unpaired) electrons. The van der Waals surface area contributed by atoms with Gasteiger partial charge in [0.05, 0.1) is 0 Å². The van der Waals surface area contributed by atoms with Crippen molar-refractivity contribution in [3.8, 4) is 0 Å². The second kappa shape index (κ2) is 4.72. The van der Waals surface area contributed by atoms with Gasteiger partial charge in [-0.2, -0.15) is 0 Å². The topological polar surface area (TPSA) is 81.9 Å². The van der Waals surface area contributed by atoms with Crippen LogP contribution < -0.4 is 5.73 Å². The predicted molar refractivity (Wildman–Crippen MR) is 71.1 cm³/mol. The molecule has 1 unspecified atom stereocenters. The molecule has 1 amide bonds. The molecule has 7 heteroatoms. The van der Waals surface area contributed by atoms with E-state index in [0.717, 1.165) is 5.57 Å². The van der Waals surface area contributed by atoms with Crippen molar-refractivity contribution in [2.45, 2.75) is 44.7 Å². The molecule has 2 N–H and O–H groups in total. The Balaban J connectivity index is 2.10. The Morgan fingerprint density at radius 1 is 1.47 bits per heavy atom. The van der Waals surface area contributed by atoms with Crippen LogP contribution in [-0.4, -0.2) is 39.7 Å². The fraction of sp³-hybridized carbons (Fsp3) is 0.667. The molecular formula is C12H18N2O4S. The lowest BCUT2D eigenvalue weighted by atomic mass is 10.1. The molecule has 106 valence electrons. The molecule has 1 fully saturated rings. The van der Waals surface area contributed by atoms with Gasteiger partial charge in [0.1, 0.15) is 17.0 Å². The Morgan fingerprint density at radius 2 is 2.11 bits per heavy atom. The highest BCUT2D eigenvalue weighted by Crippen LogP contribution is 2.39. The van der Waals surface area contributed by atoms with E-state index in [1.807, 2.05) is 6.92 Å². The summed E-state index contributed by atoms with van der Waals surface area (Å²) < 4.78 is 10.3. The summed E-state index contributed by atoms with van der Waals surface area (Å²) in [6.07, 6.45) is -0.805. The Bertz CT molecular complexity index is 455. The number of hydrogen-bond donors (Lipinski definition) is 1. The zero-order valence-electron chi connectivity index (χ0n) is 11.4. The molecule has 2 heterocycles. The lowest BCUT2D eigenvalue weighted by molar-refractivity contribution is -0.145. The van der Waals surface area contributed by atoms with Crippen LogP contribution in [0.2, 0.25) is 0 Å². The summed E-state index contributed by atoms with van der Waals surface area (Å²) in [6, 6.07) is -0.518. The molecule has 0 aromatic rings. The Morgan fingerprint density at radius 3 is 2.68 bits per heavy atom. The molecule has 2 atom stereocenters. The van der Waals surface area contributed by atoms with E-state index < -0.39 is 17.8 Å². The quantitative estimate of drug-likeness (QED) is 0.580. The summed E-state index contributed by atoms with van der Waals surface area (Å²) in [7, 11) is 0. The third-order valence-electron chi connectivity index (χ3n) is 2.71. The van der Waals surface area contributed by atoms with Gasteiger partial charge in [-0.3, -0.25) is 9.69 Å². The maximum Gasteiger partial charge on any atom is 0.515 e. The number of nitrogens with zero attached hydrogens (tertiary/aromatic N) is 1. The van der Waals surface area contributed by atoms with Crippen molar-refractivity contribution in [1.29, 1.82) is 0 Å². The van der Waals surface area contributed by atoms with Crippen LogP contribution in [0.25, 0.3) is 0 Å². The van der Waals surface area contributed by atoms with Crippen molar-refractivity contribution < 1.29 is 19.1 Å². The molecule has 0 spiro atoms. The number of nitrogens with two attached hydrogens (primary N) is 1. The maximum absolute atomic E-state index is 11.7. The van der Waals surface area contributed by atoms with E-state index in [1.165, 1.54) is 4.90 Å². The minimum Gasteiger partial charge on any atom is -0.428 e. The Hall–Kier alpha value is -1.21. The molecule has 0 saturated carbocycles. The average molecular weight is 286 g/mol. The normalized spacial score (nSPS) is 26.8. The van der Waals surface area contributed by atoms with Crippen molar-refractivity contribution in [3.05, 3.63) is 11.5 Å². The van der Waals surface area contributed by atoms with Crippen LogP contribution in [0.5, 0.6) is 0 Å². The standard InChI is InChI=1S/C12H18N2O4S/c1-6-5-19-10-7(13)8(15)14(10)9(6)17-11(16)18-12(2,3)4/h7,10H,5,13H2,1-4H3/t7?,10-/m0/s1. The molecule has 6 nitrogen and oxygen atoms in total. The van der Waals surface area contributed by atoms with Gasteiger partial charge in [0.15, 0.2) is 0 Å². The zero-order valence-corrected chi connectivity index (χ0v) is 12.2. The SMILES string of the molecule is CC1=C(OC(=O)OC(C)(C)C)N2C(=O)C(N)[C@@H]2SC1. The van der Waals surface area contributed by atoms with Gasteiger partial charge in [-0.25, -0.2) is 4.79 Å². The van der Waals surface area contributed by atoms with Crippen LogP contribution in [0.3, 0.4) is 0 Å². The Labute approximate surface area is 116 Å². The smallest absolute Gasteiger partial charge is 0.428 e. The Kier molecular flexibility index (Phi) is 3.53. The van der Waals surface area contributed by atoms with Gasteiger partial charge in [-0.05, 0) is 33.3 Å². The van der Waals surface area contributed by atoms with Crippen LogP contribution in [0.15, 0.2) is 11.5 Å². The number of carbonyl (C=O) groups excluding carboxylic acids is 2. The number of hydrogen-bond acceptors (Lipinski definition) is 6. The van der Waals surface area contributed by atoms with Crippen LogP contribution in [0, 0.1) is 0 Å². The highest BCUT2D eigenvalue weighted by Gasteiger charge is 2.51. The van der Waals surface area contributed by atoms with Crippen LogP contribution in [-0.2, 0) is 14.3 Å². The number of amides is 1. The van der Waals surface area contributed by atoms with Crippen LogP contribution in [0.4, 0.5) is 4.79 Å². The van der Waals surface area contributed by atoms with Gasteiger partial charge in [-0.15, -0.1) is 11.8 Å². The summed E-state index contributed by atoms with van der Waals surface area (Å²) in [5.41, 5.74) is 5.90. The summed E-state index contributed by atoms with van der Waals surface area (Å²) >= 11 is 1.57. The van der Waals surface area contributed by atoms with E-state index in [9.17, 15) is 9.59 Å². The van der Waals surface area contributed by atoms with E-state index in [2.05, 4.69) is 0 Å². The largest absolute Gasteiger partial charge is 0.515 e. The first-order valence-corrected chi connectivity index (χ1v) is 7.06. The van der Waals surface area contributed by atoms with Gasteiger partial charge in [0.2, 0.25) is 11.8 Å². The predicted octanol–water partition coefficient (Wildman–Crippen LogP) is 1.41. The monoisotopic (exact) mass is 286 g/mol. The van der Waals surface area contributed by atoms with Gasteiger partial charge < -0.3 is 15.2 Å². The van der Waals surface area contributed by atoms with Gasteiger partial charge in [0, 0.05) is 5.75 Å². The fourth-order valence-electron chi connectivity index (χ4n) is 1.84. The molecule has 2 aliphatic rings. The average Bonchev–Trinajstić information content (AvgIpc) is 2.28. The van der Waals surface area contributed by atoms with Crippen molar-refractivity contribution >= 4 is 23.8 Å². The van der Waals surface area contributed by atoms with E-state index in [4.69, 9.17) is 15.2 Å². The van der Waals surface area contributed by atoms with E-state index in [0.29, 0.717) is 5.75 Å². The van der Waals surface area contributed by atoms with Crippen molar-refractivity contribution in [2.75, 3.05) is 5.75 Å².